The summed E-state index contributed by atoms with van der Waals surface area (Å²) in [5, 5.41) is 16.1. The smallest absolute Gasteiger partial charge is 0.301 e. The first-order valence-corrected chi connectivity index (χ1v) is 9.38. The van der Waals surface area contributed by atoms with Gasteiger partial charge in [0.15, 0.2) is 0 Å². The zero-order valence-electron chi connectivity index (χ0n) is 11.9. The van der Waals surface area contributed by atoms with E-state index < -0.39 is 12.6 Å². The molecule has 11 heteroatoms. The topological polar surface area (TPSA) is 97.9 Å². The highest BCUT2D eigenvalue weighted by Gasteiger charge is 2.24. The van der Waals surface area contributed by atoms with Crippen LogP contribution in [0.15, 0.2) is 6.07 Å². The largest absolute Gasteiger partial charge is 0.341 e. The second-order valence-corrected chi connectivity index (χ2v) is 7.59. The molecule has 1 aromatic heterocycles. The maximum absolute atomic E-state index is 12.5. The lowest BCUT2D eigenvalue weighted by atomic mass is 10.4. The third-order valence-corrected chi connectivity index (χ3v) is 5.41. The summed E-state index contributed by atoms with van der Waals surface area (Å²) in [6.45, 7) is 9.54. The van der Waals surface area contributed by atoms with Gasteiger partial charge in [0.1, 0.15) is 0 Å². The molecule has 1 atom stereocenters. The minimum Gasteiger partial charge on any atom is -0.301 e. The van der Waals surface area contributed by atoms with Gasteiger partial charge in [-0.3, -0.25) is 14.7 Å². The fourth-order valence-corrected chi connectivity index (χ4v) is 4.13. The van der Waals surface area contributed by atoms with Crippen LogP contribution in [0.4, 0.5) is 10.7 Å². The Kier molecular flexibility index (Phi) is 7.96. The molecule has 1 rings (SSSR count). The molecule has 0 amide bonds. The van der Waals surface area contributed by atoms with Crippen LogP contribution in [0.5, 0.6) is 0 Å². The zero-order chi connectivity index (χ0) is 16.6. The molecule has 0 bridgehead atoms. The third kappa shape index (κ3) is 5.65. The Hall–Kier alpha value is -1.01. The first-order chi connectivity index (χ1) is 10.5. The van der Waals surface area contributed by atoms with E-state index in [2.05, 4.69) is 15.0 Å². The van der Waals surface area contributed by atoms with Crippen molar-refractivity contribution in [2.75, 3.05) is 19.0 Å². The first kappa shape index (κ1) is 19.0. The number of halogens is 1. The minimum atomic E-state index is -3.28. The third-order valence-electron chi connectivity index (χ3n) is 2.40. The van der Waals surface area contributed by atoms with E-state index in [0.717, 1.165) is 17.8 Å². The Morgan fingerprint density at radius 1 is 1.55 bits per heavy atom. The van der Waals surface area contributed by atoms with Gasteiger partial charge in [-0.2, -0.15) is 0 Å². The minimum absolute atomic E-state index is 0.0429. The molecule has 1 heterocycles. The molecule has 0 saturated carbocycles. The molecule has 8 nitrogen and oxygen atoms in total. The SMILES string of the molecule is [C-]#[N+]c1cc(COP(=O)(NCCC)NCCCl)sc1[N+](=O)[O-]. The van der Waals surface area contributed by atoms with Gasteiger partial charge in [-0.15, -0.1) is 11.6 Å². The molecule has 0 aliphatic rings. The maximum atomic E-state index is 12.5. The van der Waals surface area contributed by atoms with Crippen LogP contribution in [-0.4, -0.2) is 23.9 Å². The normalized spacial score (nSPS) is 13.5. The molecular formula is C11H16ClN4O4PS. The number of nitrogens with zero attached hydrogens (tertiary/aromatic N) is 2. The average molecular weight is 367 g/mol. The van der Waals surface area contributed by atoms with Crippen molar-refractivity contribution >= 4 is 41.3 Å². The Balaban J connectivity index is 2.78. The van der Waals surface area contributed by atoms with Crippen molar-refractivity contribution in [2.24, 2.45) is 0 Å². The average Bonchev–Trinajstić information content (AvgIpc) is 2.93. The first-order valence-electron chi connectivity index (χ1n) is 6.41. The lowest BCUT2D eigenvalue weighted by molar-refractivity contribution is -0.379. The van der Waals surface area contributed by atoms with Gasteiger partial charge in [-0.1, -0.05) is 18.3 Å². The monoisotopic (exact) mass is 366 g/mol. The van der Waals surface area contributed by atoms with Crippen LogP contribution in [0.2, 0.25) is 0 Å². The van der Waals surface area contributed by atoms with Crippen LogP contribution in [-0.2, 0) is 15.7 Å². The standard InChI is InChI=1S/C11H16ClN4O4PS/c1-3-5-14-21(19,15-6-4-12)20-8-9-7-10(13-2)11(22-9)16(17)18/h7H,3-6,8H2,1H3,(H2,14,15,19). The quantitative estimate of drug-likeness (QED) is 0.215. The fourth-order valence-electron chi connectivity index (χ4n) is 1.45. The van der Waals surface area contributed by atoms with E-state index in [-0.39, 0.29) is 23.2 Å². The molecule has 0 aliphatic heterocycles. The summed E-state index contributed by atoms with van der Waals surface area (Å²) in [7, 11) is -3.28. The molecule has 1 unspecified atom stereocenters. The molecule has 2 N–H and O–H groups in total. The molecule has 0 fully saturated rings. The summed E-state index contributed by atoms with van der Waals surface area (Å²) in [5.41, 5.74) is -0.0429. The lowest BCUT2D eigenvalue weighted by Gasteiger charge is -2.19. The van der Waals surface area contributed by atoms with Crippen LogP contribution in [0.25, 0.3) is 4.85 Å². The van der Waals surface area contributed by atoms with Gasteiger partial charge >= 0.3 is 12.7 Å². The number of rotatable bonds is 10. The number of thiophene rings is 1. The van der Waals surface area contributed by atoms with Crippen molar-refractivity contribution in [1.82, 2.24) is 10.2 Å². The maximum Gasteiger partial charge on any atom is 0.341 e. The Morgan fingerprint density at radius 2 is 2.23 bits per heavy atom. The highest BCUT2D eigenvalue weighted by atomic mass is 35.5. The molecule has 0 spiro atoms. The fraction of sp³-hybridized carbons (Fsp3) is 0.545. The Labute approximate surface area is 137 Å². The van der Waals surface area contributed by atoms with E-state index in [1.54, 1.807) is 0 Å². The number of nitro groups is 1. The van der Waals surface area contributed by atoms with Gasteiger partial charge < -0.3 is 4.52 Å². The second kappa shape index (κ2) is 9.20. The van der Waals surface area contributed by atoms with E-state index in [1.807, 2.05) is 6.92 Å². The highest BCUT2D eigenvalue weighted by Crippen LogP contribution is 2.42. The Morgan fingerprint density at radius 3 is 2.73 bits per heavy atom. The molecule has 0 aromatic carbocycles. The van der Waals surface area contributed by atoms with Gasteiger partial charge in [0.05, 0.1) is 18.1 Å². The van der Waals surface area contributed by atoms with Gasteiger partial charge in [0, 0.05) is 23.8 Å². The van der Waals surface area contributed by atoms with Crippen LogP contribution >= 0.6 is 30.6 Å². The van der Waals surface area contributed by atoms with E-state index in [1.165, 1.54) is 6.07 Å². The molecule has 22 heavy (non-hydrogen) atoms. The van der Waals surface area contributed by atoms with E-state index in [4.69, 9.17) is 22.7 Å². The summed E-state index contributed by atoms with van der Waals surface area (Å²) in [5.74, 6) is 0.271. The van der Waals surface area contributed by atoms with Crippen LogP contribution in [0.3, 0.4) is 0 Å². The van der Waals surface area contributed by atoms with E-state index >= 15 is 0 Å². The molecule has 0 radical (unpaired) electrons. The van der Waals surface area contributed by atoms with Crippen LogP contribution < -0.4 is 10.2 Å². The van der Waals surface area contributed by atoms with E-state index in [0.29, 0.717) is 18.0 Å². The summed E-state index contributed by atoms with van der Waals surface area (Å²) < 4.78 is 17.9. The Bertz CT molecular complexity index is 591. The predicted octanol–water partition coefficient (Wildman–Crippen LogP) is 3.66. The van der Waals surface area contributed by atoms with Crippen molar-refractivity contribution in [3.8, 4) is 0 Å². The second-order valence-electron chi connectivity index (χ2n) is 4.10. The van der Waals surface area contributed by atoms with Crippen molar-refractivity contribution in [3.05, 3.63) is 32.5 Å². The molecule has 0 saturated heterocycles. The zero-order valence-corrected chi connectivity index (χ0v) is 14.3. The molecule has 0 aliphatic carbocycles. The molecule has 1 aromatic rings. The number of alkyl halides is 1. The summed E-state index contributed by atoms with van der Waals surface area (Å²) in [4.78, 5) is 13.8. The number of hydrogen-bond donors (Lipinski definition) is 2. The number of nitrogens with one attached hydrogen (secondary N) is 2. The summed E-state index contributed by atoms with van der Waals surface area (Å²) >= 11 is 6.40. The van der Waals surface area contributed by atoms with Crippen molar-refractivity contribution in [3.63, 3.8) is 0 Å². The predicted molar refractivity (Wildman–Crippen MR) is 86.6 cm³/mol. The lowest BCUT2D eigenvalue weighted by Crippen LogP contribution is -2.26. The van der Waals surface area contributed by atoms with Gasteiger partial charge in [-0.25, -0.2) is 15.0 Å². The van der Waals surface area contributed by atoms with Gasteiger partial charge in [0.2, 0.25) is 0 Å². The van der Waals surface area contributed by atoms with Crippen molar-refractivity contribution < 1.29 is 14.0 Å². The molecule has 122 valence electrons. The summed E-state index contributed by atoms with van der Waals surface area (Å²) in [6, 6.07) is 1.38. The van der Waals surface area contributed by atoms with Crippen molar-refractivity contribution in [1.29, 1.82) is 0 Å². The van der Waals surface area contributed by atoms with Gasteiger partial charge in [-0.05, 0) is 12.5 Å². The molecular weight excluding hydrogens is 351 g/mol. The van der Waals surface area contributed by atoms with Gasteiger partial charge in [0.25, 0.3) is 5.69 Å². The van der Waals surface area contributed by atoms with Crippen LogP contribution in [0.1, 0.15) is 18.2 Å². The summed E-state index contributed by atoms with van der Waals surface area (Å²) in [6.07, 6.45) is 0.766. The van der Waals surface area contributed by atoms with Crippen LogP contribution in [0, 0.1) is 16.7 Å². The van der Waals surface area contributed by atoms with E-state index in [9.17, 15) is 14.7 Å². The number of hydrogen-bond acceptors (Lipinski definition) is 5. The highest BCUT2D eigenvalue weighted by molar-refractivity contribution is 7.54. The van der Waals surface area contributed by atoms with Crippen molar-refractivity contribution in [2.45, 2.75) is 20.0 Å².